The van der Waals surface area contributed by atoms with E-state index in [1.807, 2.05) is 24.3 Å². The van der Waals surface area contributed by atoms with Gasteiger partial charge in [-0.05, 0) is 43.9 Å². The normalized spacial score (nSPS) is 16.0. The maximum Gasteiger partial charge on any atom is 0.339 e. The zero-order valence-electron chi connectivity index (χ0n) is 15.4. The highest BCUT2D eigenvalue weighted by atomic mass is 32.2. The Morgan fingerprint density at radius 2 is 1.93 bits per heavy atom. The summed E-state index contributed by atoms with van der Waals surface area (Å²) in [7, 11) is 0. The number of aromatic carboxylic acids is 1. The van der Waals surface area contributed by atoms with Gasteiger partial charge in [-0.25, -0.2) is 4.79 Å². The summed E-state index contributed by atoms with van der Waals surface area (Å²) in [6, 6.07) is 9.02. The number of benzene rings is 1. The monoisotopic (exact) mass is 387 g/mol. The minimum absolute atomic E-state index is 0.0749. The van der Waals surface area contributed by atoms with Crippen molar-refractivity contribution in [3.63, 3.8) is 0 Å². The van der Waals surface area contributed by atoms with Crippen molar-refractivity contribution in [1.29, 1.82) is 0 Å². The Kier molecular flexibility index (Phi) is 6.61. The fourth-order valence-electron chi connectivity index (χ4n) is 3.60. The zero-order valence-corrected chi connectivity index (χ0v) is 16.3. The summed E-state index contributed by atoms with van der Waals surface area (Å²) >= 11 is 1.41. The largest absolute Gasteiger partial charge is 0.478 e. The van der Waals surface area contributed by atoms with Crippen molar-refractivity contribution >= 4 is 23.6 Å². The van der Waals surface area contributed by atoms with Crippen LogP contribution >= 0.6 is 11.8 Å². The number of hydrogen-bond donors (Lipinski definition) is 2. The number of nitrogens with one attached hydrogen (secondary N) is 1. The van der Waals surface area contributed by atoms with Gasteiger partial charge in [-0.2, -0.15) is 0 Å². The minimum atomic E-state index is -1.01. The third-order valence-electron chi connectivity index (χ3n) is 5.18. The molecule has 1 atom stereocenters. The number of amides is 1. The highest BCUT2D eigenvalue weighted by Crippen LogP contribution is 2.29. The van der Waals surface area contributed by atoms with Gasteiger partial charge in [0.25, 0.3) is 5.91 Å². The third kappa shape index (κ3) is 4.95. The number of furan rings is 1. The number of carbonyl (C=O) groups is 2. The van der Waals surface area contributed by atoms with Crippen LogP contribution in [-0.2, 0) is 5.75 Å². The molecule has 1 aromatic heterocycles. The molecule has 2 N–H and O–H groups in total. The van der Waals surface area contributed by atoms with Crippen LogP contribution in [0.3, 0.4) is 0 Å². The van der Waals surface area contributed by atoms with Crippen LogP contribution in [0, 0.1) is 5.92 Å². The number of hydrogen-bond acceptors (Lipinski definition) is 4. The topological polar surface area (TPSA) is 79.5 Å². The fourth-order valence-corrected chi connectivity index (χ4v) is 4.60. The summed E-state index contributed by atoms with van der Waals surface area (Å²) in [6.07, 6.45) is 7.51. The molecule has 6 heteroatoms. The van der Waals surface area contributed by atoms with Gasteiger partial charge in [-0.1, -0.05) is 31.4 Å². The van der Waals surface area contributed by atoms with Crippen LogP contribution in [-0.4, -0.2) is 23.0 Å². The van der Waals surface area contributed by atoms with E-state index in [4.69, 9.17) is 4.42 Å². The van der Waals surface area contributed by atoms with Crippen molar-refractivity contribution in [2.45, 2.75) is 55.7 Å². The lowest BCUT2D eigenvalue weighted by molar-refractivity contribution is 0.0694. The fraction of sp³-hybridized carbons (Fsp3) is 0.429. The first-order valence-electron chi connectivity index (χ1n) is 9.38. The van der Waals surface area contributed by atoms with Gasteiger partial charge in [0, 0.05) is 10.9 Å². The van der Waals surface area contributed by atoms with E-state index in [2.05, 4.69) is 12.2 Å². The summed E-state index contributed by atoms with van der Waals surface area (Å²) < 4.78 is 5.29. The molecule has 0 spiro atoms. The van der Waals surface area contributed by atoms with Crippen molar-refractivity contribution in [2.24, 2.45) is 5.92 Å². The molecule has 1 aromatic carbocycles. The number of carboxylic acid groups (broad SMARTS) is 1. The van der Waals surface area contributed by atoms with Crippen LogP contribution in [0.4, 0.5) is 0 Å². The molecule has 1 unspecified atom stereocenters. The molecule has 1 fully saturated rings. The number of thioether (sulfide) groups is 1. The van der Waals surface area contributed by atoms with E-state index >= 15 is 0 Å². The minimum Gasteiger partial charge on any atom is -0.478 e. The molecule has 144 valence electrons. The van der Waals surface area contributed by atoms with Crippen LogP contribution in [0.15, 0.2) is 45.9 Å². The Bertz CT molecular complexity index is 795. The molecule has 1 saturated carbocycles. The van der Waals surface area contributed by atoms with Crippen molar-refractivity contribution in [1.82, 2.24) is 5.32 Å². The van der Waals surface area contributed by atoms with E-state index in [0.29, 0.717) is 23.0 Å². The van der Waals surface area contributed by atoms with E-state index in [1.165, 1.54) is 56.2 Å². The molecule has 1 aliphatic rings. The SMILES string of the molecule is CC(NC(=O)c1ccccc1SCc1occc1C(=O)O)C1CCCCC1. The predicted molar refractivity (Wildman–Crippen MR) is 105 cm³/mol. The standard InChI is InChI=1S/C21H25NO4S/c1-14(15-7-3-2-4-8-15)22-20(23)17-9-5-6-10-19(17)27-13-18-16(21(24)25)11-12-26-18/h5-6,9-12,14-15H,2-4,7-8,13H2,1H3,(H,22,23)(H,24,25). The first kappa shape index (κ1) is 19.5. The quantitative estimate of drug-likeness (QED) is 0.656. The van der Waals surface area contributed by atoms with Crippen LogP contribution in [0.2, 0.25) is 0 Å². The van der Waals surface area contributed by atoms with Crippen LogP contribution in [0.1, 0.15) is 65.5 Å². The maximum atomic E-state index is 12.8. The molecule has 2 aromatic rings. The van der Waals surface area contributed by atoms with Crippen LogP contribution < -0.4 is 5.32 Å². The van der Waals surface area contributed by atoms with E-state index < -0.39 is 5.97 Å². The first-order chi connectivity index (χ1) is 13.1. The summed E-state index contributed by atoms with van der Waals surface area (Å²) in [5.74, 6) is 0.222. The molecule has 1 aliphatic carbocycles. The van der Waals surface area contributed by atoms with Crippen LogP contribution in [0.25, 0.3) is 0 Å². The number of carboxylic acids is 1. The molecule has 0 aliphatic heterocycles. The second kappa shape index (κ2) is 9.13. The highest BCUT2D eigenvalue weighted by molar-refractivity contribution is 7.98. The van der Waals surface area contributed by atoms with E-state index in [-0.39, 0.29) is 17.5 Å². The Hall–Kier alpha value is -2.21. The lowest BCUT2D eigenvalue weighted by Gasteiger charge is -2.28. The second-order valence-electron chi connectivity index (χ2n) is 7.01. The molecule has 1 heterocycles. The summed E-state index contributed by atoms with van der Waals surface area (Å²) in [5, 5.41) is 12.3. The van der Waals surface area contributed by atoms with Gasteiger partial charge >= 0.3 is 5.97 Å². The molecular formula is C21H25NO4S. The second-order valence-corrected chi connectivity index (χ2v) is 8.02. The average Bonchev–Trinajstić information content (AvgIpc) is 3.16. The average molecular weight is 388 g/mol. The Morgan fingerprint density at radius 1 is 1.19 bits per heavy atom. The highest BCUT2D eigenvalue weighted by Gasteiger charge is 2.23. The van der Waals surface area contributed by atoms with Crippen molar-refractivity contribution in [3.8, 4) is 0 Å². The lowest BCUT2D eigenvalue weighted by Crippen LogP contribution is -2.39. The zero-order chi connectivity index (χ0) is 19.2. The van der Waals surface area contributed by atoms with Gasteiger partial charge in [-0.15, -0.1) is 11.8 Å². The Morgan fingerprint density at radius 3 is 2.67 bits per heavy atom. The van der Waals surface area contributed by atoms with Gasteiger partial charge in [0.2, 0.25) is 0 Å². The van der Waals surface area contributed by atoms with E-state index in [9.17, 15) is 14.7 Å². The molecule has 5 nitrogen and oxygen atoms in total. The molecule has 0 saturated heterocycles. The van der Waals surface area contributed by atoms with Crippen molar-refractivity contribution in [3.05, 3.63) is 53.5 Å². The first-order valence-corrected chi connectivity index (χ1v) is 10.4. The molecule has 3 rings (SSSR count). The van der Waals surface area contributed by atoms with Gasteiger partial charge in [0.1, 0.15) is 11.3 Å². The Balaban J connectivity index is 1.66. The van der Waals surface area contributed by atoms with E-state index in [1.54, 1.807) is 0 Å². The summed E-state index contributed by atoms with van der Waals surface area (Å²) in [4.78, 5) is 24.8. The van der Waals surface area contributed by atoms with Crippen molar-refractivity contribution < 1.29 is 19.1 Å². The Labute approximate surface area is 163 Å². The van der Waals surface area contributed by atoms with Gasteiger partial charge in [0.05, 0.1) is 17.6 Å². The molecule has 27 heavy (non-hydrogen) atoms. The van der Waals surface area contributed by atoms with Crippen LogP contribution in [0.5, 0.6) is 0 Å². The lowest BCUT2D eigenvalue weighted by atomic mass is 9.84. The molecule has 0 bridgehead atoms. The summed E-state index contributed by atoms with van der Waals surface area (Å²) in [6.45, 7) is 2.09. The third-order valence-corrected chi connectivity index (χ3v) is 6.26. The van der Waals surface area contributed by atoms with Gasteiger partial charge in [-0.3, -0.25) is 4.79 Å². The molecule has 0 radical (unpaired) electrons. The smallest absolute Gasteiger partial charge is 0.339 e. The van der Waals surface area contributed by atoms with E-state index in [0.717, 1.165) is 4.90 Å². The van der Waals surface area contributed by atoms with Crippen molar-refractivity contribution in [2.75, 3.05) is 0 Å². The number of carbonyl (C=O) groups excluding carboxylic acids is 1. The predicted octanol–water partition coefficient (Wildman–Crippen LogP) is 4.97. The summed E-state index contributed by atoms with van der Waals surface area (Å²) in [5.41, 5.74) is 0.781. The molecule has 1 amide bonds. The van der Waals surface area contributed by atoms with Gasteiger partial charge in [0.15, 0.2) is 0 Å². The molecular weight excluding hydrogens is 362 g/mol. The number of rotatable bonds is 7. The maximum absolute atomic E-state index is 12.8. The van der Waals surface area contributed by atoms with Gasteiger partial charge < -0.3 is 14.8 Å².